The third-order valence-electron chi connectivity index (χ3n) is 7.26. The molecular weight excluding hydrogens is 484 g/mol. The molecule has 8 heteroatoms. The van der Waals surface area contributed by atoms with E-state index in [9.17, 15) is 8.42 Å². The number of aromatic nitrogens is 1. The first-order chi connectivity index (χ1) is 18.0. The van der Waals surface area contributed by atoms with Crippen molar-refractivity contribution in [1.82, 2.24) is 19.1 Å². The highest BCUT2D eigenvalue weighted by atomic mass is 32.2. The first kappa shape index (κ1) is 25.9. The predicted molar refractivity (Wildman–Crippen MR) is 145 cm³/mol. The quantitative estimate of drug-likeness (QED) is 0.448. The van der Waals surface area contributed by atoms with Gasteiger partial charge >= 0.3 is 0 Å². The van der Waals surface area contributed by atoms with Gasteiger partial charge in [0.15, 0.2) is 0 Å². The maximum atomic E-state index is 13.0. The van der Waals surface area contributed by atoms with E-state index in [1.807, 2.05) is 43.6 Å². The van der Waals surface area contributed by atoms with Crippen LogP contribution in [0.15, 0.2) is 78.0 Å². The van der Waals surface area contributed by atoms with Gasteiger partial charge in [-0.2, -0.15) is 4.31 Å². The first-order valence-electron chi connectivity index (χ1n) is 13.1. The van der Waals surface area contributed by atoms with E-state index in [4.69, 9.17) is 4.74 Å². The summed E-state index contributed by atoms with van der Waals surface area (Å²) in [6, 6.07) is 19.6. The molecule has 37 heavy (non-hydrogen) atoms. The molecule has 0 N–H and O–H groups in total. The van der Waals surface area contributed by atoms with Crippen molar-refractivity contribution >= 4 is 10.0 Å². The van der Waals surface area contributed by atoms with Crippen molar-refractivity contribution in [3.8, 4) is 5.75 Å². The van der Waals surface area contributed by atoms with Gasteiger partial charge in [0.2, 0.25) is 10.0 Å². The van der Waals surface area contributed by atoms with E-state index < -0.39 is 10.0 Å². The van der Waals surface area contributed by atoms with Gasteiger partial charge in [-0.1, -0.05) is 35.9 Å². The van der Waals surface area contributed by atoms with Crippen LogP contribution in [0.25, 0.3) is 0 Å². The molecule has 2 saturated heterocycles. The molecule has 2 aromatic carbocycles. The van der Waals surface area contributed by atoms with Crippen molar-refractivity contribution in [2.45, 2.75) is 43.9 Å². The average molecular weight is 521 g/mol. The Morgan fingerprint density at radius 1 is 0.838 bits per heavy atom. The summed E-state index contributed by atoms with van der Waals surface area (Å²) in [5.74, 6) is 0.868. The van der Waals surface area contributed by atoms with Gasteiger partial charge in [-0.25, -0.2) is 8.42 Å². The Balaban J connectivity index is 1.09. The van der Waals surface area contributed by atoms with E-state index in [-0.39, 0.29) is 6.10 Å². The van der Waals surface area contributed by atoms with Gasteiger partial charge in [0.05, 0.1) is 4.90 Å². The number of benzene rings is 2. The molecule has 0 spiro atoms. The van der Waals surface area contributed by atoms with E-state index in [1.165, 1.54) is 11.1 Å². The number of hydrogen-bond acceptors (Lipinski definition) is 6. The van der Waals surface area contributed by atoms with E-state index in [2.05, 4.69) is 39.0 Å². The third kappa shape index (κ3) is 6.76. The Kier molecular flexibility index (Phi) is 8.20. The fraction of sp³-hybridized carbons (Fsp3) is 0.414. The number of rotatable bonds is 8. The summed E-state index contributed by atoms with van der Waals surface area (Å²) < 4.78 is 33.8. The Morgan fingerprint density at radius 2 is 1.49 bits per heavy atom. The zero-order chi connectivity index (χ0) is 25.7. The Hall–Kier alpha value is -2.78. The minimum absolute atomic E-state index is 0.0238. The van der Waals surface area contributed by atoms with Crippen LogP contribution >= 0.6 is 0 Å². The monoisotopic (exact) mass is 520 g/mol. The van der Waals surface area contributed by atoms with Crippen LogP contribution in [0, 0.1) is 6.92 Å². The van der Waals surface area contributed by atoms with Gasteiger partial charge in [-0.05, 0) is 61.2 Å². The fourth-order valence-corrected chi connectivity index (χ4v) is 6.54. The number of sulfonamides is 1. The van der Waals surface area contributed by atoms with Crippen LogP contribution in [-0.4, -0.2) is 72.9 Å². The molecule has 0 amide bonds. The molecule has 3 aromatic rings. The van der Waals surface area contributed by atoms with Crippen LogP contribution in [-0.2, 0) is 23.1 Å². The van der Waals surface area contributed by atoms with Crippen LogP contribution in [0.1, 0.15) is 29.5 Å². The average Bonchev–Trinajstić information content (AvgIpc) is 2.91. The topological polar surface area (TPSA) is 66.0 Å². The van der Waals surface area contributed by atoms with Crippen LogP contribution in [0.2, 0.25) is 0 Å². The summed E-state index contributed by atoms with van der Waals surface area (Å²) >= 11 is 0. The second-order valence-corrected chi connectivity index (χ2v) is 12.0. The van der Waals surface area contributed by atoms with Crippen LogP contribution in [0.5, 0.6) is 5.75 Å². The lowest BCUT2D eigenvalue weighted by molar-refractivity contribution is 0.121. The SMILES string of the molecule is Cc1ccc(S(=O)(=O)N2CCC(Oc3cccc(CN4CCN(Cc5cccnc5)CC4)c3)CC2)cc1. The molecule has 2 aliphatic rings. The number of piperidine rings is 1. The Bertz CT molecular complexity index is 1250. The van der Waals surface area contributed by atoms with Gasteiger partial charge in [-0.3, -0.25) is 14.8 Å². The molecule has 0 unspecified atom stereocenters. The second-order valence-electron chi connectivity index (χ2n) is 10.1. The highest BCUT2D eigenvalue weighted by Crippen LogP contribution is 2.25. The van der Waals surface area contributed by atoms with Crippen molar-refractivity contribution < 1.29 is 13.2 Å². The molecule has 5 rings (SSSR count). The molecule has 0 aliphatic carbocycles. The molecule has 3 heterocycles. The number of aryl methyl sites for hydroxylation is 1. The number of hydrogen-bond donors (Lipinski definition) is 0. The van der Waals surface area contributed by atoms with Gasteiger partial charge < -0.3 is 4.74 Å². The summed E-state index contributed by atoms with van der Waals surface area (Å²) in [7, 11) is -3.45. The van der Waals surface area contributed by atoms with Gasteiger partial charge in [0.25, 0.3) is 0 Å². The summed E-state index contributed by atoms with van der Waals surface area (Å²) in [4.78, 5) is 9.56. The van der Waals surface area contributed by atoms with Crippen molar-refractivity contribution in [3.05, 3.63) is 89.7 Å². The molecule has 0 bridgehead atoms. The number of ether oxygens (including phenoxy) is 1. The maximum Gasteiger partial charge on any atom is 0.243 e. The smallest absolute Gasteiger partial charge is 0.243 e. The van der Waals surface area contributed by atoms with Crippen molar-refractivity contribution in [1.29, 1.82) is 0 Å². The normalized spacial score (nSPS) is 18.6. The zero-order valence-corrected chi connectivity index (χ0v) is 22.3. The van der Waals surface area contributed by atoms with Crippen LogP contribution in [0.3, 0.4) is 0 Å². The third-order valence-corrected chi connectivity index (χ3v) is 9.17. The second kappa shape index (κ2) is 11.7. The molecule has 2 fully saturated rings. The van der Waals surface area contributed by atoms with Crippen LogP contribution < -0.4 is 4.74 Å². The number of piperazine rings is 1. The van der Waals surface area contributed by atoms with Gasteiger partial charge in [0, 0.05) is 64.8 Å². The summed E-state index contributed by atoms with van der Waals surface area (Å²) in [6.45, 7) is 8.96. The predicted octanol–water partition coefficient (Wildman–Crippen LogP) is 3.94. The van der Waals surface area contributed by atoms with E-state index in [0.717, 1.165) is 50.6 Å². The van der Waals surface area contributed by atoms with Gasteiger partial charge in [-0.15, -0.1) is 0 Å². The molecule has 0 atom stereocenters. The Labute approximate surface area is 220 Å². The first-order valence-corrected chi connectivity index (χ1v) is 14.6. The lowest BCUT2D eigenvalue weighted by Gasteiger charge is -2.34. The summed E-state index contributed by atoms with van der Waals surface area (Å²) in [5, 5.41) is 0. The molecule has 7 nitrogen and oxygen atoms in total. The van der Waals surface area contributed by atoms with E-state index in [0.29, 0.717) is 30.8 Å². The standard InChI is InChI=1S/C29H36N4O3S/c1-24-7-9-29(10-8-24)37(34,35)33-14-11-27(12-15-33)36-28-6-2-4-25(20-28)22-31-16-18-32(19-17-31)23-26-5-3-13-30-21-26/h2-10,13,20-21,27H,11-12,14-19,22-23H2,1H3. The van der Waals surface area contributed by atoms with Gasteiger partial charge in [0.1, 0.15) is 11.9 Å². The Morgan fingerprint density at radius 3 is 2.14 bits per heavy atom. The van der Waals surface area contributed by atoms with Crippen molar-refractivity contribution in [3.63, 3.8) is 0 Å². The number of pyridine rings is 1. The minimum Gasteiger partial charge on any atom is -0.490 e. The van der Waals surface area contributed by atoms with E-state index in [1.54, 1.807) is 16.4 Å². The van der Waals surface area contributed by atoms with Crippen molar-refractivity contribution in [2.75, 3.05) is 39.3 Å². The largest absolute Gasteiger partial charge is 0.490 e. The summed E-state index contributed by atoms with van der Waals surface area (Å²) in [5.41, 5.74) is 3.56. The fourth-order valence-electron chi connectivity index (χ4n) is 5.07. The van der Waals surface area contributed by atoms with E-state index >= 15 is 0 Å². The molecule has 1 aromatic heterocycles. The number of nitrogens with zero attached hydrogens (tertiary/aromatic N) is 4. The van der Waals surface area contributed by atoms with Crippen LogP contribution in [0.4, 0.5) is 0 Å². The molecule has 196 valence electrons. The van der Waals surface area contributed by atoms with Crippen molar-refractivity contribution in [2.24, 2.45) is 0 Å². The lowest BCUT2D eigenvalue weighted by atomic mass is 10.1. The maximum absolute atomic E-state index is 13.0. The minimum atomic E-state index is -3.45. The summed E-state index contributed by atoms with van der Waals surface area (Å²) in [6.07, 6.45) is 5.17. The molecular formula is C29H36N4O3S. The molecule has 2 aliphatic heterocycles. The zero-order valence-electron chi connectivity index (χ0n) is 21.5. The molecule has 0 radical (unpaired) electrons. The molecule has 0 saturated carbocycles. The lowest BCUT2D eigenvalue weighted by Crippen LogP contribution is -2.45. The highest BCUT2D eigenvalue weighted by Gasteiger charge is 2.30. The highest BCUT2D eigenvalue weighted by molar-refractivity contribution is 7.89.